The van der Waals surface area contributed by atoms with Crippen LogP contribution in [0.15, 0.2) is 0 Å². The Bertz CT molecular complexity index is 1240. The molecule has 0 aromatic rings. The average Bonchev–Trinajstić information content (AvgIpc) is 2.92. The summed E-state index contributed by atoms with van der Waals surface area (Å²) in [6.07, 6.45) is -8.50. The summed E-state index contributed by atoms with van der Waals surface area (Å²) in [5, 5.41) is 13.2. The van der Waals surface area contributed by atoms with Crippen LogP contribution in [0.5, 0.6) is 0 Å². The van der Waals surface area contributed by atoms with Gasteiger partial charge in [-0.15, -0.1) is 0 Å². The lowest BCUT2D eigenvalue weighted by Gasteiger charge is -2.54. The lowest BCUT2D eigenvalue weighted by atomic mass is 9.96. The maximum atomic E-state index is 12.4. The van der Waals surface area contributed by atoms with Crippen LogP contribution in [0, 0.1) is 0 Å². The predicted octanol–water partition coefficient (Wildman–Crippen LogP) is 6.00. The first-order chi connectivity index (χ1) is 23.2. The molecule has 2 aliphatic heterocycles. The van der Waals surface area contributed by atoms with Crippen LogP contribution in [0.2, 0.25) is 54.4 Å². The molecule has 2 rings (SSSR count). The summed E-state index contributed by atoms with van der Waals surface area (Å²) in [5.41, 5.74) is 0. The minimum absolute atomic E-state index is 0.0875. The number of nitrogens with one attached hydrogen (secondary N) is 1. The van der Waals surface area contributed by atoms with Gasteiger partial charge in [-0.2, -0.15) is 0 Å². The summed E-state index contributed by atoms with van der Waals surface area (Å²) < 4.78 is 52.1. The van der Waals surface area contributed by atoms with Crippen LogP contribution >= 0.6 is 0 Å². The van der Waals surface area contributed by atoms with Crippen LogP contribution in [-0.2, 0) is 51.3 Å². The molecule has 0 radical (unpaired) electrons. The van der Waals surface area contributed by atoms with Gasteiger partial charge < -0.3 is 47.4 Å². The van der Waals surface area contributed by atoms with E-state index >= 15 is 0 Å². The van der Waals surface area contributed by atoms with Gasteiger partial charge in [0.2, 0.25) is 5.91 Å². The number of esters is 2. The molecule has 52 heavy (non-hydrogen) atoms. The van der Waals surface area contributed by atoms with Crippen molar-refractivity contribution in [2.45, 2.75) is 206 Å². The van der Waals surface area contributed by atoms with E-state index in [4.69, 9.17) is 37.0 Å². The Labute approximate surface area is 316 Å². The molecule has 2 fully saturated rings. The number of rotatable bonds is 12. The molecule has 10 atom stereocenters. The summed E-state index contributed by atoms with van der Waals surface area (Å²) in [4.78, 5) is 36.6. The number of aliphatic hydroxyl groups is 1. The maximum Gasteiger partial charge on any atom is 0.303 e. The Balaban J connectivity index is 2.70. The van der Waals surface area contributed by atoms with Crippen molar-refractivity contribution in [3.8, 4) is 0 Å². The van der Waals surface area contributed by atoms with Crippen LogP contribution in [-0.4, -0.2) is 116 Å². The molecule has 0 saturated carbocycles. The number of hydrogen-bond donors (Lipinski definition) is 2. The van der Waals surface area contributed by atoms with Crippen molar-refractivity contribution in [3.63, 3.8) is 0 Å². The number of hydrogen-bond acceptors (Lipinski definition) is 12. The Morgan fingerprint density at radius 2 is 1.04 bits per heavy atom. The van der Waals surface area contributed by atoms with Crippen LogP contribution < -0.4 is 5.32 Å². The molecule has 0 bridgehead atoms. The van der Waals surface area contributed by atoms with Crippen molar-refractivity contribution in [3.05, 3.63) is 0 Å². The summed E-state index contributed by atoms with van der Waals surface area (Å²) in [6, 6.07) is -1.21. The first-order valence-electron chi connectivity index (χ1n) is 18.5. The van der Waals surface area contributed by atoms with Crippen LogP contribution in [0.4, 0.5) is 0 Å². The molecule has 0 aliphatic carbocycles. The van der Waals surface area contributed by atoms with Gasteiger partial charge in [-0.3, -0.25) is 14.4 Å². The predicted molar refractivity (Wildman–Crippen MR) is 206 cm³/mol. The summed E-state index contributed by atoms with van der Waals surface area (Å²) >= 11 is 0. The molecule has 304 valence electrons. The van der Waals surface area contributed by atoms with Crippen molar-refractivity contribution in [1.29, 1.82) is 0 Å². The first-order valence-corrected chi connectivity index (χ1v) is 27.2. The molecular weight excluding hydrogens is 723 g/mol. The lowest BCUT2D eigenvalue weighted by molar-refractivity contribution is -0.308. The third-order valence-corrected chi connectivity index (χ3v) is 24.9. The van der Waals surface area contributed by atoms with Gasteiger partial charge >= 0.3 is 11.9 Å². The van der Waals surface area contributed by atoms with Gasteiger partial charge in [-0.1, -0.05) is 62.3 Å². The molecule has 13 nitrogen and oxygen atoms in total. The second kappa shape index (κ2) is 16.9. The minimum atomic E-state index is -2.52. The van der Waals surface area contributed by atoms with E-state index in [1.54, 1.807) is 0 Å². The Hall–Kier alpha value is -1.22. The highest BCUT2D eigenvalue weighted by atomic mass is 28.4. The number of carbonyl (C=O) groups is 3. The van der Waals surface area contributed by atoms with E-state index in [0.29, 0.717) is 0 Å². The smallest absolute Gasteiger partial charge is 0.303 e. The summed E-state index contributed by atoms with van der Waals surface area (Å²) in [7, 11) is -7.33. The zero-order valence-electron chi connectivity index (χ0n) is 35.4. The maximum absolute atomic E-state index is 12.4. The first kappa shape index (κ1) is 46.9. The van der Waals surface area contributed by atoms with Gasteiger partial charge in [-0.25, -0.2) is 0 Å². The zero-order valence-corrected chi connectivity index (χ0v) is 38.4. The number of aliphatic hydroxyl groups excluding tert-OH is 1. The fourth-order valence-electron chi connectivity index (χ4n) is 5.38. The fraction of sp³-hybridized carbons (Fsp3) is 0.917. The second-order valence-corrected chi connectivity index (χ2v) is 33.3. The Morgan fingerprint density at radius 3 is 1.44 bits per heavy atom. The van der Waals surface area contributed by atoms with Gasteiger partial charge in [-0.05, 0) is 61.3 Å². The van der Waals surface area contributed by atoms with Gasteiger partial charge in [0.15, 0.2) is 49.7 Å². The quantitative estimate of drug-likeness (QED) is 0.176. The van der Waals surface area contributed by atoms with E-state index < -0.39 is 104 Å². The molecule has 0 aromatic heterocycles. The van der Waals surface area contributed by atoms with Crippen LogP contribution in [0.25, 0.3) is 0 Å². The third kappa shape index (κ3) is 11.6. The molecule has 2 saturated heterocycles. The Morgan fingerprint density at radius 1 is 0.635 bits per heavy atom. The number of carbonyl (C=O) groups excluding carboxylic acids is 3. The molecular formula is C36H71NO12Si3. The largest absolute Gasteiger partial charge is 0.456 e. The average molecular weight is 794 g/mol. The molecule has 2 aliphatic rings. The SMILES string of the molecule is CC(=O)N[C@@H]1[C@@H](OC(C)=O)[C@H](OC(C)=O)[C@@H](CO[C@@H]2O[C@@H](C)[C@@H](O[Si](C)(C)C(C)(C)C)[C@@H](O[Si](C)(C)C(C)(C)C)[C@@H]2O[Si](C)(C)C(C)(C)C)O[C@H]1O. The van der Waals surface area contributed by atoms with Crippen LogP contribution in [0.3, 0.4) is 0 Å². The Kier molecular flexibility index (Phi) is 15.2. The molecule has 2 N–H and O–H groups in total. The number of ether oxygens (including phenoxy) is 5. The van der Waals surface area contributed by atoms with E-state index in [1.165, 1.54) is 20.8 Å². The van der Waals surface area contributed by atoms with E-state index in [0.717, 1.165) is 0 Å². The second-order valence-electron chi connectivity index (χ2n) is 19.0. The molecule has 2 heterocycles. The van der Waals surface area contributed by atoms with Gasteiger partial charge in [0.05, 0.1) is 18.8 Å². The van der Waals surface area contributed by atoms with Gasteiger partial charge in [0.1, 0.15) is 24.4 Å². The highest BCUT2D eigenvalue weighted by Gasteiger charge is 2.57. The van der Waals surface area contributed by atoms with E-state index in [-0.39, 0.29) is 21.7 Å². The number of amides is 1. The van der Waals surface area contributed by atoms with Gasteiger partial charge in [0.25, 0.3) is 0 Å². The topological polar surface area (TPSA) is 157 Å². The molecule has 0 spiro atoms. The molecule has 1 amide bonds. The molecule has 0 unspecified atom stereocenters. The summed E-state index contributed by atoms with van der Waals surface area (Å²) in [5.74, 6) is -1.88. The van der Waals surface area contributed by atoms with Crippen LogP contribution in [0.1, 0.15) is 90.0 Å². The normalized spacial score (nSPS) is 31.2. The highest BCUT2D eigenvalue weighted by molar-refractivity contribution is 6.75. The zero-order chi connectivity index (χ0) is 40.6. The van der Waals surface area contributed by atoms with Crippen molar-refractivity contribution in [2.75, 3.05) is 6.61 Å². The highest BCUT2D eigenvalue weighted by Crippen LogP contribution is 2.46. The molecule has 16 heteroatoms. The van der Waals surface area contributed by atoms with Gasteiger partial charge in [0, 0.05) is 20.8 Å². The van der Waals surface area contributed by atoms with Crippen molar-refractivity contribution >= 4 is 42.8 Å². The van der Waals surface area contributed by atoms with E-state index in [2.05, 4.69) is 107 Å². The monoisotopic (exact) mass is 793 g/mol. The van der Waals surface area contributed by atoms with Crippen molar-refractivity contribution in [2.24, 2.45) is 0 Å². The lowest BCUT2D eigenvalue weighted by Crippen LogP contribution is -2.68. The standard InChI is InChI=1S/C36H71NO12Si3/c1-21-27(47-50(14,15)34(5,6)7)30(48-51(16,17)35(8,9)10)31(49-52(18,19)36(11,12)13)33(43-21)42-20-25-28(44-23(3)39)29(45-24(4)40)26(32(41)46-25)37-22(2)38/h21,25-33,41H,20H2,1-19H3,(H,37,38)/t21-,25+,26+,27+,28+,29+,30+,31-,32+,33+/m0/s1. The minimum Gasteiger partial charge on any atom is -0.456 e. The molecule has 0 aromatic carbocycles. The van der Waals surface area contributed by atoms with E-state index in [1.807, 2.05) is 6.92 Å². The van der Waals surface area contributed by atoms with E-state index in [9.17, 15) is 19.5 Å². The van der Waals surface area contributed by atoms with Crippen molar-refractivity contribution < 1.29 is 56.5 Å². The third-order valence-electron chi connectivity index (χ3n) is 11.5. The summed E-state index contributed by atoms with van der Waals surface area (Å²) in [6.45, 7) is 38.2. The van der Waals surface area contributed by atoms with Crippen molar-refractivity contribution in [1.82, 2.24) is 5.32 Å². The fourth-order valence-corrected chi connectivity index (χ4v) is 9.32.